The molecule has 3 heteroatoms. The van der Waals surface area contributed by atoms with Gasteiger partial charge >= 0.3 is 5.97 Å². The summed E-state index contributed by atoms with van der Waals surface area (Å²) in [5.74, 6) is -0.813. The fourth-order valence-corrected chi connectivity index (χ4v) is 2.49. The van der Waals surface area contributed by atoms with E-state index in [9.17, 15) is 4.79 Å². The summed E-state index contributed by atoms with van der Waals surface area (Å²) in [5, 5.41) is 12.4. The van der Waals surface area contributed by atoms with Crippen LogP contribution in [0.1, 0.15) is 39.5 Å². The van der Waals surface area contributed by atoms with Gasteiger partial charge in [-0.15, -0.1) is 0 Å². The number of rotatable bonds is 5. The first kappa shape index (κ1) is 11.5. The maximum absolute atomic E-state index is 11.1. The lowest BCUT2D eigenvalue weighted by atomic mass is 9.72. The van der Waals surface area contributed by atoms with Crippen molar-refractivity contribution in [2.75, 3.05) is 13.1 Å². The predicted molar refractivity (Wildman–Crippen MR) is 56.2 cm³/mol. The van der Waals surface area contributed by atoms with Crippen LogP contribution in [0.4, 0.5) is 0 Å². The number of unbranched alkanes of at least 4 members (excludes halogenated alkanes) is 1. The lowest BCUT2D eigenvalue weighted by molar-refractivity contribution is -0.145. The first-order chi connectivity index (χ1) is 6.66. The second-order valence-electron chi connectivity index (χ2n) is 4.34. The molecule has 0 bridgehead atoms. The van der Waals surface area contributed by atoms with Crippen LogP contribution in [0, 0.1) is 11.3 Å². The van der Waals surface area contributed by atoms with Gasteiger partial charge in [0.1, 0.15) is 0 Å². The molecule has 0 amide bonds. The zero-order chi connectivity index (χ0) is 10.6. The van der Waals surface area contributed by atoms with Crippen molar-refractivity contribution in [1.82, 2.24) is 5.32 Å². The van der Waals surface area contributed by atoms with Gasteiger partial charge in [0, 0.05) is 13.1 Å². The molecule has 2 unspecified atom stereocenters. The van der Waals surface area contributed by atoms with Crippen molar-refractivity contribution in [3.05, 3.63) is 0 Å². The molecule has 0 aromatic rings. The molecule has 0 spiro atoms. The minimum atomic E-state index is -0.632. The predicted octanol–water partition coefficient (Wildman–Crippen LogP) is 1.88. The monoisotopic (exact) mass is 199 g/mol. The van der Waals surface area contributed by atoms with Gasteiger partial charge in [0.15, 0.2) is 0 Å². The number of hydrogen-bond donors (Lipinski definition) is 2. The lowest BCUT2D eigenvalue weighted by Crippen LogP contribution is -2.34. The molecule has 1 saturated heterocycles. The normalized spacial score (nSPS) is 32.0. The third-order valence-corrected chi connectivity index (χ3v) is 3.60. The van der Waals surface area contributed by atoms with Crippen LogP contribution in [0.15, 0.2) is 0 Å². The smallest absolute Gasteiger partial charge is 0.308 e. The molecule has 0 saturated carbocycles. The highest BCUT2D eigenvalue weighted by Crippen LogP contribution is 2.39. The van der Waals surface area contributed by atoms with E-state index in [0.717, 1.165) is 32.2 Å². The summed E-state index contributed by atoms with van der Waals surface area (Å²) in [4.78, 5) is 11.1. The number of carbonyl (C=O) groups is 1. The highest BCUT2D eigenvalue weighted by atomic mass is 16.4. The van der Waals surface area contributed by atoms with E-state index in [2.05, 4.69) is 19.2 Å². The zero-order valence-corrected chi connectivity index (χ0v) is 9.18. The van der Waals surface area contributed by atoms with Crippen LogP contribution in [-0.2, 0) is 4.79 Å². The van der Waals surface area contributed by atoms with Crippen molar-refractivity contribution in [2.45, 2.75) is 39.5 Å². The van der Waals surface area contributed by atoms with E-state index in [4.69, 9.17) is 5.11 Å². The Morgan fingerprint density at radius 3 is 2.79 bits per heavy atom. The largest absolute Gasteiger partial charge is 0.481 e. The van der Waals surface area contributed by atoms with Gasteiger partial charge in [0.05, 0.1) is 5.92 Å². The van der Waals surface area contributed by atoms with E-state index in [1.807, 2.05) is 0 Å². The maximum Gasteiger partial charge on any atom is 0.308 e. The minimum Gasteiger partial charge on any atom is -0.481 e. The van der Waals surface area contributed by atoms with Crippen LogP contribution in [0.5, 0.6) is 0 Å². The Balaban J connectivity index is 2.69. The third-order valence-electron chi connectivity index (χ3n) is 3.60. The maximum atomic E-state index is 11.1. The van der Waals surface area contributed by atoms with Crippen molar-refractivity contribution < 1.29 is 9.90 Å². The molecule has 3 nitrogen and oxygen atoms in total. The van der Waals surface area contributed by atoms with E-state index in [1.54, 1.807) is 0 Å². The van der Waals surface area contributed by atoms with Crippen molar-refractivity contribution in [3.63, 3.8) is 0 Å². The van der Waals surface area contributed by atoms with Gasteiger partial charge in [-0.05, 0) is 18.3 Å². The van der Waals surface area contributed by atoms with Gasteiger partial charge < -0.3 is 10.4 Å². The molecule has 1 fully saturated rings. The molecule has 82 valence electrons. The van der Waals surface area contributed by atoms with Gasteiger partial charge in [0.25, 0.3) is 0 Å². The van der Waals surface area contributed by atoms with Gasteiger partial charge in [-0.1, -0.05) is 26.7 Å². The minimum absolute atomic E-state index is 0.0157. The molecule has 0 radical (unpaired) electrons. The molecule has 1 rings (SSSR count). The van der Waals surface area contributed by atoms with E-state index in [-0.39, 0.29) is 11.3 Å². The molecule has 2 N–H and O–H groups in total. The Morgan fingerprint density at radius 1 is 1.57 bits per heavy atom. The van der Waals surface area contributed by atoms with Gasteiger partial charge in [0.2, 0.25) is 0 Å². The highest BCUT2D eigenvalue weighted by Gasteiger charge is 2.44. The molecule has 14 heavy (non-hydrogen) atoms. The molecular formula is C11H21NO2. The summed E-state index contributed by atoms with van der Waals surface area (Å²) < 4.78 is 0. The molecule has 1 aliphatic heterocycles. The van der Waals surface area contributed by atoms with Crippen LogP contribution in [0.2, 0.25) is 0 Å². The topological polar surface area (TPSA) is 49.3 Å². The first-order valence-corrected chi connectivity index (χ1v) is 5.60. The summed E-state index contributed by atoms with van der Waals surface area (Å²) in [5.41, 5.74) is 0.0157. The highest BCUT2D eigenvalue weighted by molar-refractivity contribution is 5.72. The average Bonchev–Trinajstić information content (AvgIpc) is 2.59. The fourth-order valence-electron chi connectivity index (χ4n) is 2.49. The Hall–Kier alpha value is -0.570. The van der Waals surface area contributed by atoms with E-state index >= 15 is 0 Å². The molecular weight excluding hydrogens is 178 g/mol. The van der Waals surface area contributed by atoms with Crippen molar-refractivity contribution >= 4 is 5.97 Å². The molecule has 0 aromatic heterocycles. The SMILES string of the molecule is CCCCC1(CC)CNCC1C(=O)O. The second kappa shape index (κ2) is 4.78. The number of hydrogen-bond acceptors (Lipinski definition) is 2. The Kier molecular flexibility index (Phi) is 3.93. The van der Waals surface area contributed by atoms with E-state index < -0.39 is 5.97 Å². The number of carboxylic acid groups (broad SMARTS) is 1. The van der Waals surface area contributed by atoms with Crippen LogP contribution in [-0.4, -0.2) is 24.2 Å². The first-order valence-electron chi connectivity index (χ1n) is 5.60. The van der Waals surface area contributed by atoms with Gasteiger partial charge in [-0.2, -0.15) is 0 Å². The van der Waals surface area contributed by atoms with Crippen LogP contribution in [0.25, 0.3) is 0 Å². The fraction of sp³-hybridized carbons (Fsp3) is 0.909. The third kappa shape index (κ3) is 2.08. The lowest BCUT2D eigenvalue weighted by Gasteiger charge is -2.31. The van der Waals surface area contributed by atoms with Gasteiger partial charge in [-0.3, -0.25) is 4.79 Å². The molecule has 0 aromatic carbocycles. The Labute approximate surface area is 85.9 Å². The number of aliphatic carboxylic acids is 1. The molecule has 1 heterocycles. The molecule has 0 aliphatic carbocycles. The summed E-state index contributed by atoms with van der Waals surface area (Å²) in [6.07, 6.45) is 4.30. The van der Waals surface area contributed by atoms with E-state index in [0.29, 0.717) is 6.54 Å². The quantitative estimate of drug-likeness (QED) is 0.710. The average molecular weight is 199 g/mol. The second-order valence-corrected chi connectivity index (χ2v) is 4.34. The number of nitrogens with one attached hydrogen (secondary N) is 1. The van der Waals surface area contributed by atoms with Crippen molar-refractivity contribution in [1.29, 1.82) is 0 Å². The van der Waals surface area contributed by atoms with Crippen molar-refractivity contribution in [2.24, 2.45) is 11.3 Å². The Bertz CT molecular complexity index is 205. The standard InChI is InChI=1S/C11H21NO2/c1-3-5-6-11(4-2)8-12-7-9(11)10(13)14/h9,12H,3-8H2,1-2H3,(H,13,14). The summed E-state index contributed by atoms with van der Waals surface area (Å²) in [6, 6.07) is 0. The van der Waals surface area contributed by atoms with Crippen LogP contribution >= 0.6 is 0 Å². The Morgan fingerprint density at radius 2 is 2.29 bits per heavy atom. The number of carboxylic acids is 1. The van der Waals surface area contributed by atoms with Crippen LogP contribution in [0.3, 0.4) is 0 Å². The molecule has 2 atom stereocenters. The van der Waals surface area contributed by atoms with E-state index in [1.165, 1.54) is 0 Å². The van der Waals surface area contributed by atoms with Crippen LogP contribution < -0.4 is 5.32 Å². The molecule has 1 aliphatic rings. The summed E-state index contributed by atoms with van der Waals surface area (Å²) in [7, 11) is 0. The van der Waals surface area contributed by atoms with Gasteiger partial charge in [-0.25, -0.2) is 0 Å². The summed E-state index contributed by atoms with van der Waals surface area (Å²) >= 11 is 0. The van der Waals surface area contributed by atoms with Crippen molar-refractivity contribution in [3.8, 4) is 0 Å². The summed E-state index contributed by atoms with van der Waals surface area (Å²) in [6.45, 7) is 5.79. The zero-order valence-electron chi connectivity index (χ0n) is 9.18.